The fourth-order valence-corrected chi connectivity index (χ4v) is 3.83. The van der Waals surface area contributed by atoms with Crippen LogP contribution in [0.4, 0.5) is 8.78 Å². The highest BCUT2D eigenvalue weighted by Crippen LogP contribution is 2.25. The van der Waals surface area contributed by atoms with Crippen LogP contribution in [0, 0.1) is 17.6 Å². The normalized spacial score (nSPS) is 17.6. The predicted molar refractivity (Wildman–Crippen MR) is 70.5 cm³/mol. The number of halogens is 2. The van der Waals surface area contributed by atoms with Crippen molar-refractivity contribution < 1.29 is 17.8 Å². The van der Waals surface area contributed by atoms with Crippen molar-refractivity contribution >= 4 is 16.6 Å². The van der Waals surface area contributed by atoms with Crippen LogP contribution in [0.2, 0.25) is 0 Å². The molecule has 1 aliphatic rings. The molecule has 5 heteroatoms. The quantitative estimate of drug-likeness (QED) is 0.780. The largest absolute Gasteiger partial charge is 0.293 e. The number of carbonyl (C=O) groups is 1. The van der Waals surface area contributed by atoms with Gasteiger partial charge in [0.2, 0.25) is 0 Å². The minimum absolute atomic E-state index is 0.0821. The van der Waals surface area contributed by atoms with Crippen LogP contribution in [-0.2, 0) is 10.8 Å². The fourth-order valence-electron chi connectivity index (χ4n) is 2.40. The highest BCUT2D eigenvalue weighted by atomic mass is 32.2. The summed E-state index contributed by atoms with van der Waals surface area (Å²) in [5, 5.41) is 0. The maximum Gasteiger partial charge on any atom is 0.175 e. The van der Waals surface area contributed by atoms with Gasteiger partial charge in [-0.2, -0.15) is 0 Å². The molecule has 0 heterocycles. The zero-order valence-electron chi connectivity index (χ0n) is 10.5. The summed E-state index contributed by atoms with van der Waals surface area (Å²) >= 11 is 0. The summed E-state index contributed by atoms with van der Waals surface area (Å²) < 4.78 is 37.6. The van der Waals surface area contributed by atoms with Gasteiger partial charge < -0.3 is 0 Å². The molecule has 0 aliphatic heterocycles. The van der Waals surface area contributed by atoms with Crippen LogP contribution in [0.25, 0.3) is 0 Å². The summed E-state index contributed by atoms with van der Waals surface area (Å²) in [4.78, 5) is 11.8. The van der Waals surface area contributed by atoms with Gasteiger partial charge in [-0.15, -0.1) is 0 Å². The lowest BCUT2D eigenvalue weighted by molar-refractivity contribution is 0.102. The Kier molecular flexibility index (Phi) is 4.80. The Labute approximate surface area is 113 Å². The molecule has 1 fully saturated rings. The van der Waals surface area contributed by atoms with Crippen LogP contribution < -0.4 is 0 Å². The van der Waals surface area contributed by atoms with Crippen molar-refractivity contribution in [3.8, 4) is 0 Å². The molecule has 104 valence electrons. The van der Waals surface area contributed by atoms with Crippen molar-refractivity contribution in [2.45, 2.75) is 25.7 Å². The Bertz CT molecular complexity index is 496. The van der Waals surface area contributed by atoms with E-state index in [-0.39, 0.29) is 11.3 Å². The summed E-state index contributed by atoms with van der Waals surface area (Å²) in [6.07, 6.45) is 4.48. The molecule has 19 heavy (non-hydrogen) atoms. The molecule has 0 amide bonds. The molecule has 1 aromatic rings. The Morgan fingerprint density at radius 1 is 1.21 bits per heavy atom. The van der Waals surface area contributed by atoms with Crippen LogP contribution >= 0.6 is 0 Å². The van der Waals surface area contributed by atoms with Gasteiger partial charge >= 0.3 is 0 Å². The average molecular weight is 286 g/mol. The van der Waals surface area contributed by atoms with E-state index in [2.05, 4.69) is 0 Å². The monoisotopic (exact) mass is 286 g/mol. The van der Waals surface area contributed by atoms with Crippen LogP contribution in [0.5, 0.6) is 0 Å². The van der Waals surface area contributed by atoms with Gasteiger partial charge in [0.1, 0.15) is 0 Å². The van der Waals surface area contributed by atoms with E-state index < -0.39 is 28.2 Å². The topological polar surface area (TPSA) is 34.1 Å². The van der Waals surface area contributed by atoms with Crippen molar-refractivity contribution in [2.75, 3.05) is 11.5 Å². The predicted octanol–water partition coefficient (Wildman–Crippen LogP) is 3.09. The molecule has 0 spiro atoms. The number of hydrogen-bond donors (Lipinski definition) is 0. The average Bonchev–Trinajstić information content (AvgIpc) is 2.85. The Morgan fingerprint density at radius 3 is 2.53 bits per heavy atom. The Balaban J connectivity index is 1.92. The second-order valence-electron chi connectivity index (χ2n) is 4.95. The molecular weight excluding hydrogens is 270 g/mol. The number of rotatable bonds is 5. The molecular formula is C14H16F2O2S. The molecule has 1 unspecified atom stereocenters. The van der Waals surface area contributed by atoms with Gasteiger partial charge in [0.25, 0.3) is 0 Å². The van der Waals surface area contributed by atoms with E-state index in [1.54, 1.807) is 0 Å². The lowest BCUT2D eigenvalue weighted by Gasteiger charge is -2.08. The molecule has 0 N–H and O–H groups in total. The molecule has 2 rings (SSSR count). The van der Waals surface area contributed by atoms with E-state index in [0.29, 0.717) is 11.7 Å². The summed E-state index contributed by atoms with van der Waals surface area (Å²) in [6, 6.07) is 3.01. The summed E-state index contributed by atoms with van der Waals surface area (Å²) in [5.41, 5.74) is 0.0821. The second kappa shape index (κ2) is 6.37. The first-order chi connectivity index (χ1) is 9.06. The van der Waals surface area contributed by atoms with E-state index in [4.69, 9.17) is 0 Å². The van der Waals surface area contributed by atoms with Crippen molar-refractivity contribution in [3.05, 3.63) is 35.4 Å². The van der Waals surface area contributed by atoms with E-state index >= 15 is 0 Å². The maximum absolute atomic E-state index is 13.0. The van der Waals surface area contributed by atoms with Crippen LogP contribution in [0.1, 0.15) is 36.0 Å². The number of benzene rings is 1. The molecule has 0 radical (unpaired) electrons. The standard InChI is InChI=1S/C14H16F2O2S/c15-12-6-5-11(7-13(12)16)14(17)9-19(18)8-10-3-1-2-4-10/h5-7,10H,1-4,8-9H2. The lowest BCUT2D eigenvalue weighted by Crippen LogP contribution is -2.17. The zero-order valence-corrected chi connectivity index (χ0v) is 11.3. The molecule has 1 saturated carbocycles. The molecule has 0 bridgehead atoms. The molecule has 2 nitrogen and oxygen atoms in total. The third-order valence-corrected chi connectivity index (χ3v) is 4.86. The van der Waals surface area contributed by atoms with Crippen molar-refractivity contribution in [1.82, 2.24) is 0 Å². The summed E-state index contributed by atoms with van der Waals surface area (Å²) in [6.45, 7) is 0. The van der Waals surface area contributed by atoms with Crippen molar-refractivity contribution in [1.29, 1.82) is 0 Å². The SMILES string of the molecule is O=C(CS(=O)CC1CCCC1)c1ccc(F)c(F)c1. The minimum atomic E-state index is -1.22. The van der Waals surface area contributed by atoms with Crippen molar-refractivity contribution in [3.63, 3.8) is 0 Å². The zero-order chi connectivity index (χ0) is 13.8. The van der Waals surface area contributed by atoms with Gasteiger partial charge in [0.05, 0.1) is 5.75 Å². The Hall–Kier alpha value is -1.10. The van der Waals surface area contributed by atoms with E-state index in [1.165, 1.54) is 18.9 Å². The third kappa shape index (κ3) is 3.93. The highest BCUT2D eigenvalue weighted by Gasteiger charge is 2.20. The van der Waals surface area contributed by atoms with Gasteiger partial charge in [-0.05, 0) is 37.0 Å². The number of Topliss-reactive ketones (excluding diaryl/α,β-unsaturated/α-hetero) is 1. The molecule has 1 aliphatic carbocycles. The van der Waals surface area contributed by atoms with Gasteiger partial charge in [-0.3, -0.25) is 9.00 Å². The first kappa shape index (κ1) is 14.3. The molecule has 1 atom stereocenters. The van der Waals surface area contributed by atoms with Crippen LogP contribution in [0.15, 0.2) is 18.2 Å². The van der Waals surface area contributed by atoms with Gasteiger partial charge in [0, 0.05) is 22.1 Å². The van der Waals surface area contributed by atoms with E-state index in [0.717, 1.165) is 25.0 Å². The Morgan fingerprint density at radius 2 is 1.89 bits per heavy atom. The van der Waals surface area contributed by atoms with Crippen molar-refractivity contribution in [2.24, 2.45) is 5.92 Å². The van der Waals surface area contributed by atoms with E-state index in [9.17, 15) is 17.8 Å². The first-order valence-electron chi connectivity index (χ1n) is 6.39. The maximum atomic E-state index is 13.0. The molecule has 0 saturated heterocycles. The van der Waals surface area contributed by atoms with Gasteiger partial charge in [-0.25, -0.2) is 8.78 Å². The molecule has 1 aromatic carbocycles. The number of carbonyl (C=O) groups excluding carboxylic acids is 1. The third-order valence-electron chi connectivity index (χ3n) is 3.43. The smallest absolute Gasteiger partial charge is 0.175 e. The summed E-state index contributed by atoms with van der Waals surface area (Å²) in [5.74, 6) is -1.55. The highest BCUT2D eigenvalue weighted by molar-refractivity contribution is 7.85. The van der Waals surface area contributed by atoms with Crippen LogP contribution in [-0.4, -0.2) is 21.5 Å². The van der Waals surface area contributed by atoms with Gasteiger partial charge in [0.15, 0.2) is 17.4 Å². The second-order valence-corrected chi connectivity index (χ2v) is 6.46. The lowest BCUT2D eigenvalue weighted by atomic mass is 10.1. The fraction of sp³-hybridized carbons (Fsp3) is 0.500. The first-order valence-corrected chi connectivity index (χ1v) is 7.88. The van der Waals surface area contributed by atoms with E-state index in [1.807, 2.05) is 0 Å². The summed E-state index contributed by atoms with van der Waals surface area (Å²) in [7, 11) is -1.22. The van der Waals surface area contributed by atoms with Gasteiger partial charge in [-0.1, -0.05) is 12.8 Å². The van der Waals surface area contributed by atoms with Crippen LogP contribution in [0.3, 0.4) is 0 Å². The number of ketones is 1. The minimum Gasteiger partial charge on any atom is -0.293 e. The molecule has 0 aromatic heterocycles. The number of hydrogen-bond acceptors (Lipinski definition) is 2.